The second kappa shape index (κ2) is 22.0. The number of rotatable bonds is 12. The summed E-state index contributed by atoms with van der Waals surface area (Å²) in [4.78, 5) is 39.2. The zero-order chi connectivity index (χ0) is 41.0. The van der Waals surface area contributed by atoms with E-state index >= 15 is 0 Å². The molecule has 4 N–H and O–H groups in total. The second-order valence-corrected chi connectivity index (χ2v) is 15.9. The number of likely N-dealkylation sites (N-methyl/N-ethyl adjacent to an activating group) is 1. The van der Waals surface area contributed by atoms with Gasteiger partial charge in [0.1, 0.15) is 36.3 Å². The van der Waals surface area contributed by atoms with Crippen LogP contribution in [0.1, 0.15) is 92.9 Å². The Balaban J connectivity index is 1.89. The molecule has 0 aromatic heterocycles. The van der Waals surface area contributed by atoms with Crippen LogP contribution in [0.4, 0.5) is 0 Å². The number of aliphatic hydroxyl groups excluding tert-OH is 3. The number of allylic oxidation sites excluding steroid dienone is 2. The number of esters is 2. The Labute approximate surface area is 326 Å². The van der Waals surface area contributed by atoms with Crippen molar-refractivity contribution < 1.29 is 68.0 Å². The Morgan fingerprint density at radius 2 is 1.75 bits per heavy atom. The number of nitrogens with zero attached hydrogens (tertiary/aromatic N) is 1. The highest BCUT2D eigenvalue weighted by Crippen LogP contribution is 2.37. The number of carbonyl (C=O) groups excluding carboxylic acids is 3. The minimum absolute atomic E-state index is 0.0258. The Morgan fingerprint density at radius 1 is 1.04 bits per heavy atom. The smallest absolute Gasteiger partial charge is 0.308 e. The van der Waals surface area contributed by atoms with Crippen LogP contribution >= 0.6 is 0 Å². The lowest BCUT2D eigenvalue weighted by atomic mass is 9.82. The summed E-state index contributed by atoms with van der Waals surface area (Å²) in [6, 6.07) is -0.751. The van der Waals surface area contributed by atoms with Gasteiger partial charge in [-0.25, -0.2) is 0 Å². The third-order valence-corrected chi connectivity index (χ3v) is 10.8. The van der Waals surface area contributed by atoms with Gasteiger partial charge in [0.2, 0.25) is 0 Å². The molecule has 0 aromatic carbocycles. The molecule has 2 saturated heterocycles. The first kappa shape index (κ1) is 47.1. The Bertz CT molecular complexity index is 1260. The maximum Gasteiger partial charge on any atom is 0.308 e. The fourth-order valence-corrected chi connectivity index (χ4v) is 7.77. The van der Waals surface area contributed by atoms with Gasteiger partial charge in [-0.3, -0.25) is 9.59 Å². The van der Waals surface area contributed by atoms with Crippen LogP contribution in [0.15, 0.2) is 24.3 Å². The van der Waals surface area contributed by atoms with Crippen LogP contribution in [0.25, 0.3) is 0 Å². The van der Waals surface area contributed by atoms with Crippen LogP contribution in [0.5, 0.6) is 0 Å². The minimum Gasteiger partial charge on any atom is -0.462 e. The third-order valence-electron chi connectivity index (χ3n) is 10.8. The molecular weight excluding hydrogens is 718 g/mol. The highest BCUT2D eigenvalue weighted by Gasteiger charge is 2.52. The molecule has 0 saturated carbocycles. The first-order chi connectivity index (χ1) is 25.9. The number of cyclic esters (lactones) is 1. The van der Waals surface area contributed by atoms with Gasteiger partial charge in [0.05, 0.1) is 43.0 Å². The van der Waals surface area contributed by atoms with Crippen molar-refractivity contribution in [1.29, 1.82) is 0 Å². The molecule has 0 bridgehead atoms. The minimum atomic E-state index is -1.48. The number of ether oxygens (including phenoxy) is 7. The monoisotopic (exact) mass is 785 g/mol. The van der Waals surface area contributed by atoms with Crippen LogP contribution < -0.4 is 0 Å². The van der Waals surface area contributed by atoms with E-state index in [4.69, 9.17) is 33.2 Å². The number of aldehydes is 1. The standard InChI is InChI=1S/C40H67NO14/c1-10-11-17-30(45)53-38-26(5)51-32(22-40(38,6)48)54-35-25(4)52-39(34(47)33(35)41(7)8)55-36-27(18-19-42)20-23(2)28(43)16-14-12-13-15-24(3)50-31(46)21-29(44)37(36)49-9/h12-14,16,19,23-29,32-39,43-44,47-48H,10-11,15,17-18,20-22H2,1-9H3. The van der Waals surface area contributed by atoms with Crippen LogP contribution in [0, 0.1) is 11.8 Å². The van der Waals surface area contributed by atoms with Crippen molar-refractivity contribution in [2.45, 2.75) is 178 Å². The summed E-state index contributed by atoms with van der Waals surface area (Å²) in [5, 5.41) is 45.8. The molecule has 55 heavy (non-hydrogen) atoms. The molecule has 3 rings (SSSR count). The number of aliphatic hydroxyl groups is 4. The maximum atomic E-state index is 12.9. The summed E-state index contributed by atoms with van der Waals surface area (Å²) in [6.07, 6.45) is -2.33. The number of carbonyl (C=O) groups is 3. The van der Waals surface area contributed by atoms with E-state index < -0.39 is 110 Å². The second-order valence-electron chi connectivity index (χ2n) is 15.9. The zero-order valence-electron chi connectivity index (χ0n) is 34.0. The van der Waals surface area contributed by atoms with E-state index in [1.165, 1.54) is 7.11 Å². The number of hydrogen-bond acceptors (Lipinski definition) is 15. The normalized spacial score (nSPS) is 41.1. The summed E-state index contributed by atoms with van der Waals surface area (Å²) >= 11 is 0. The average Bonchev–Trinajstić information content (AvgIpc) is 3.09. The Kier molecular flexibility index (Phi) is 18.8. The number of methoxy groups -OCH3 is 1. The van der Waals surface area contributed by atoms with Crippen LogP contribution in [-0.2, 0) is 47.5 Å². The highest BCUT2D eigenvalue weighted by atomic mass is 16.7. The van der Waals surface area contributed by atoms with E-state index in [0.29, 0.717) is 12.8 Å². The van der Waals surface area contributed by atoms with Crippen molar-refractivity contribution in [3.63, 3.8) is 0 Å². The molecule has 0 spiro atoms. The van der Waals surface area contributed by atoms with Gasteiger partial charge in [0, 0.05) is 32.8 Å². The number of hydrogen-bond donors (Lipinski definition) is 4. The summed E-state index contributed by atoms with van der Waals surface area (Å²) in [7, 11) is 4.87. The molecule has 0 radical (unpaired) electrons. The lowest BCUT2D eigenvalue weighted by Gasteiger charge is -2.50. The van der Waals surface area contributed by atoms with Crippen molar-refractivity contribution in [2.24, 2.45) is 11.8 Å². The average molecular weight is 786 g/mol. The van der Waals surface area contributed by atoms with E-state index in [1.807, 2.05) is 19.9 Å². The Morgan fingerprint density at radius 3 is 2.36 bits per heavy atom. The molecule has 3 aliphatic rings. The van der Waals surface area contributed by atoms with Crippen molar-refractivity contribution in [3.05, 3.63) is 24.3 Å². The lowest BCUT2D eigenvalue weighted by molar-refractivity contribution is -0.344. The number of unbranched alkanes of at least 4 members (excludes halogenated alkanes) is 1. The Hall–Kier alpha value is -2.31. The van der Waals surface area contributed by atoms with Crippen LogP contribution in [-0.4, -0.2) is 150 Å². The topological polar surface area (TPSA) is 200 Å². The molecule has 0 aliphatic carbocycles. The third kappa shape index (κ3) is 13.4. The summed E-state index contributed by atoms with van der Waals surface area (Å²) in [5.74, 6) is -2.09. The zero-order valence-corrected chi connectivity index (χ0v) is 34.0. The summed E-state index contributed by atoms with van der Waals surface area (Å²) in [5.41, 5.74) is -1.48. The fourth-order valence-electron chi connectivity index (χ4n) is 7.77. The molecule has 3 aliphatic heterocycles. The summed E-state index contributed by atoms with van der Waals surface area (Å²) in [6.45, 7) is 10.5. The molecule has 316 valence electrons. The van der Waals surface area contributed by atoms with Gasteiger partial charge in [-0.1, -0.05) is 44.6 Å². The first-order valence-electron chi connectivity index (χ1n) is 19.7. The quantitative estimate of drug-likeness (QED) is 0.166. The predicted molar refractivity (Wildman–Crippen MR) is 200 cm³/mol. The van der Waals surface area contributed by atoms with Gasteiger partial charge >= 0.3 is 11.9 Å². The van der Waals surface area contributed by atoms with Gasteiger partial charge in [-0.15, -0.1) is 0 Å². The molecule has 2 fully saturated rings. The molecular formula is C40H67NO14. The first-order valence-corrected chi connectivity index (χ1v) is 19.7. The molecule has 16 atom stereocenters. The SMILES string of the molecule is CCCCC(=O)OC1C(C)OC(OC2C(C)OC(OC3C(CC=O)CC(C)C(O)C=CC=CCC(C)OC(=O)CC(O)C3OC)C(O)C2N(C)C)CC1(C)O. The van der Waals surface area contributed by atoms with Gasteiger partial charge in [0.25, 0.3) is 0 Å². The molecule has 0 aromatic rings. The molecule has 15 nitrogen and oxygen atoms in total. The van der Waals surface area contributed by atoms with Crippen molar-refractivity contribution in [2.75, 3.05) is 21.2 Å². The van der Waals surface area contributed by atoms with Gasteiger partial charge in [0.15, 0.2) is 18.7 Å². The van der Waals surface area contributed by atoms with Crippen LogP contribution in [0.2, 0.25) is 0 Å². The van der Waals surface area contributed by atoms with E-state index in [1.54, 1.807) is 64.9 Å². The van der Waals surface area contributed by atoms with Gasteiger partial charge in [-0.2, -0.15) is 0 Å². The fraction of sp³-hybridized carbons (Fsp3) is 0.825. The van der Waals surface area contributed by atoms with Crippen molar-refractivity contribution in [3.8, 4) is 0 Å². The highest BCUT2D eigenvalue weighted by molar-refractivity contribution is 5.70. The summed E-state index contributed by atoms with van der Waals surface area (Å²) < 4.78 is 42.4. The predicted octanol–water partition coefficient (Wildman–Crippen LogP) is 2.59. The van der Waals surface area contributed by atoms with Crippen LogP contribution in [0.3, 0.4) is 0 Å². The van der Waals surface area contributed by atoms with Gasteiger partial charge in [-0.05, 0) is 66.5 Å². The largest absolute Gasteiger partial charge is 0.462 e. The molecule has 3 heterocycles. The molecule has 0 amide bonds. The maximum absolute atomic E-state index is 12.9. The van der Waals surface area contributed by atoms with E-state index in [0.717, 1.165) is 12.7 Å². The van der Waals surface area contributed by atoms with Crippen molar-refractivity contribution >= 4 is 18.2 Å². The molecule has 16 unspecified atom stereocenters. The van der Waals surface area contributed by atoms with E-state index in [2.05, 4.69) is 0 Å². The lowest BCUT2D eigenvalue weighted by Crippen LogP contribution is -2.66. The van der Waals surface area contributed by atoms with Crippen molar-refractivity contribution in [1.82, 2.24) is 4.90 Å². The van der Waals surface area contributed by atoms with E-state index in [9.17, 15) is 34.8 Å². The van der Waals surface area contributed by atoms with Gasteiger partial charge < -0.3 is 63.3 Å². The molecule has 15 heteroatoms. The van der Waals surface area contributed by atoms with E-state index in [-0.39, 0.29) is 31.6 Å².